The van der Waals surface area contributed by atoms with Gasteiger partial charge in [-0.25, -0.2) is 27.2 Å². The molecule has 1 atom stereocenters. The molecular formula is C24H23FN2O6S. The SMILES string of the molecule is CCOc1cc([C@H](CS(C)(=O)=O)n2c(=O)oc3cc(-c4ccccc4F)cnc32)ccc1OC. The van der Waals surface area contributed by atoms with Crippen LogP contribution in [0.1, 0.15) is 18.5 Å². The largest absolute Gasteiger partial charge is 0.493 e. The van der Waals surface area contributed by atoms with Crippen molar-refractivity contribution < 1.29 is 26.7 Å². The number of fused-ring (bicyclic) bond motifs is 1. The number of sulfone groups is 1. The Bertz CT molecular complexity index is 1510. The number of hydrogen-bond acceptors (Lipinski definition) is 7. The summed E-state index contributed by atoms with van der Waals surface area (Å²) in [5.74, 6) is -0.717. The third-order valence-electron chi connectivity index (χ3n) is 5.28. The summed E-state index contributed by atoms with van der Waals surface area (Å²) in [6.07, 6.45) is 2.51. The molecule has 0 saturated carbocycles. The number of nitrogens with zero attached hydrogens (tertiary/aromatic N) is 2. The first-order valence-electron chi connectivity index (χ1n) is 10.5. The van der Waals surface area contributed by atoms with Crippen molar-refractivity contribution in [2.24, 2.45) is 0 Å². The highest BCUT2D eigenvalue weighted by atomic mass is 32.2. The van der Waals surface area contributed by atoms with E-state index in [1.54, 1.807) is 36.4 Å². The summed E-state index contributed by atoms with van der Waals surface area (Å²) in [5.41, 5.74) is 1.49. The van der Waals surface area contributed by atoms with Crippen LogP contribution in [0.4, 0.5) is 4.39 Å². The number of pyridine rings is 1. The van der Waals surface area contributed by atoms with E-state index in [1.807, 2.05) is 6.92 Å². The van der Waals surface area contributed by atoms with Crippen LogP contribution in [0, 0.1) is 5.82 Å². The minimum Gasteiger partial charge on any atom is -0.493 e. The average Bonchev–Trinajstić information content (AvgIpc) is 3.12. The normalized spacial score (nSPS) is 12.6. The van der Waals surface area contributed by atoms with Crippen molar-refractivity contribution in [1.82, 2.24) is 9.55 Å². The minimum absolute atomic E-state index is 0.114. The number of rotatable bonds is 8. The lowest BCUT2D eigenvalue weighted by molar-refractivity contribution is 0.310. The van der Waals surface area contributed by atoms with E-state index in [1.165, 1.54) is 30.0 Å². The monoisotopic (exact) mass is 486 g/mol. The summed E-state index contributed by atoms with van der Waals surface area (Å²) in [6.45, 7) is 2.18. The molecule has 4 aromatic rings. The van der Waals surface area contributed by atoms with Crippen LogP contribution in [0.15, 0.2) is 63.9 Å². The molecule has 0 unspecified atom stereocenters. The molecule has 0 fully saturated rings. The van der Waals surface area contributed by atoms with Crippen molar-refractivity contribution in [3.63, 3.8) is 0 Å². The molecule has 2 aromatic heterocycles. The molecule has 8 nitrogen and oxygen atoms in total. The minimum atomic E-state index is -3.53. The fraction of sp³-hybridized carbons (Fsp3) is 0.250. The summed E-state index contributed by atoms with van der Waals surface area (Å²) in [5, 5.41) is 0. The molecule has 178 valence electrons. The van der Waals surface area contributed by atoms with E-state index in [0.29, 0.717) is 34.8 Å². The second-order valence-electron chi connectivity index (χ2n) is 7.72. The van der Waals surface area contributed by atoms with Crippen LogP contribution in [0.25, 0.3) is 22.4 Å². The zero-order valence-electron chi connectivity index (χ0n) is 18.8. The van der Waals surface area contributed by atoms with Gasteiger partial charge in [-0.15, -0.1) is 0 Å². The van der Waals surface area contributed by atoms with Crippen LogP contribution < -0.4 is 15.2 Å². The molecule has 0 aliphatic rings. The van der Waals surface area contributed by atoms with Gasteiger partial charge in [0.15, 0.2) is 22.7 Å². The van der Waals surface area contributed by atoms with Crippen LogP contribution in [-0.2, 0) is 9.84 Å². The number of benzene rings is 2. The number of ether oxygens (including phenoxy) is 2. The summed E-state index contributed by atoms with van der Waals surface area (Å²) >= 11 is 0. The maximum Gasteiger partial charge on any atom is 0.421 e. The first kappa shape index (κ1) is 23.5. The maximum absolute atomic E-state index is 14.2. The van der Waals surface area contributed by atoms with Gasteiger partial charge < -0.3 is 13.9 Å². The van der Waals surface area contributed by atoms with E-state index in [-0.39, 0.29) is 17.0 Å². The molecule has 0 N–H and O–H groups in total. The summed E-state index contributed by atoms with van der Waals surface area (Å²) in [6, 6.07) is 11.7. The second-order valence-corrected chi connectivity index (χ2v) is 9.90. The van der Waals surface area contributed by atoms with Gasteiger partial charge in [-0.3, -0.25) is 0 Å². The number of halogens is 1. The Balaban J connectivity index is 1.89. The summed E-state index contributed by atoms with van der Waals surface area (Å²) in [7, 11) is -2.03. The topological polar surface area (TPSA) is 101 Å². The van der Waals surface area contributed by atoms with Crippen molar-refractivity contribution in [2.75, 3.05) is 25.7 Å². The standard InChI is InChI=1S/C24H23FN2O6S/c1-4-32-21-11-15(9-10-20(21)31-2)19(14-34(3,29)30)27-23-22(33-24(27)28)12-16(13-26-23)17-7-5-6-8-18(17)25/h5-13,19H,4,14H2,1-3H3/t19-/m0/s1. The van der Waals surface area contributed by atoms with Crippen molar-refractivity contribution in [3.8, 4) is 22.6 Å². The number of oxazole rings is 1. The Morgan fingerprint density at radius 2 is 1.91 bits per heavy atom. The summed E-state index contributed by atoms with van der Waals surface area (Å²) in [4.78, 5) is 17.3. The molecule has 0 amide bonds. The first-order chi connectivity index (χ1) is 16.2. The van der Waals surface area contributed by atoms with Crippen molar-refractivity contribution in [2.45, 2.75) is 13.0 Å². The summed E-state index contributed by atoms with van der Waals surface area (Å²) < 4.78 is 56.4. The second kappa shape index (κ2) is 9.30. The lowest BCUT2D eigenvalue weighted by atomic mass is 10.1. The number of aromatic nitrogens is 2. The first-order valence-corrected chi connectivity index (χ1v) is 12.5. The van der Waals surface area contributed by atoms with Crippen LogP contribution in [0.5, 0.6) is 11.5 Å². The average molecular weight is 487 g/mol. The van der Waals surface area contributed by atoms with Crippen molar-refractivity contribution in [1.29, 1.82) is 0 Å². The number of hydrogen-bond donors (Lipinski definition) is 0. The van der Waals surface area contributed by atoms with Crippen LogP contribution in [0.3, 0.4) is 0 Å². The van der Waals surface area contributed by atoms with Gasteiger partial charge in [-0.1, -0.05) is 24.3 Å². The van der Waals surface area contributed by atoms with E-state index in [4.69, 9.17) is 13.9 Å². The van der Waals surface area contributed by atoms with Gasteiger partial charge in [0, 0.05) is 23.6 Å². The van der Waals surface area contributed by atoms with Crippen LogP contribution in [0.2, 0.25) is 0 Å². The molecule has 0 bridgehead atoms. The Kier molecular flexibility index (Phi) is 6.43. The Labute approximate surface area is 195 Å². The molecule has 4 rings (SSSR count). The lowest BCUT2D eigenvalue weighted by Gasteiger charge is -2.19. The molecule has 0 saturated heterocycles. The third-order valence-corrected chi connectivity index (χ3v) is 6.21. The van der Waals surface area contributed by atoms with Gasteiger partial charge >= 0.3 is 5.76 Å². The molecule has 0 aliphatic carbocycles. The van der Waals surface area contributed by atoms with E-state index >= 15 is 0 Å². The van der Waals surface area contributed by atoms with Gasteiger partial charge in [0.05, 0.1) is 25.5 Å². The van der Waals surface area contributed by atoms with E-state index in [2.05, 4.69) is 4.98 Å². The Morgan fingerprint density at radius 3 is 2.59 bits per heavy atom. The predicted octanol–water partition coefficient (Wildman–Crippen LogP) is 3.84. The van der Waals surface area contributed by atoms with E-state index in [9.17, 15) is 17.6 Å². The fourth-order valence-corrected chi connectivity index (χ4v) is 4.73. The third kappa shape index (κ3) is 4.67. The smallest absolute Gasteiger partial charge is 0.421 e. The molecule has 2 heterocycles. The van der Waals surface area contributed by atoms with E-state index < -0.39 is 27.5 Å². The van der Waals surface area contributed by atoms with Crippen molar-refractivity contribution >= 4 is 21.1 Å². The highest BCUT2D eigenvalue weighted by Crippen LogP contribution is 2.33. The number of methoxy groups -OCH3 is 1. The molecule has 0 spiro atoms. The molecule has 2 aromatic carbocycles. The zero-order chi connectivity index (χ0) is 24.5. The Hall–Kier alpha value is -3.66. The van der Waals surface area contributed by atoms with E-state index in [0.717, 1.165) is 6.26 Å². The molecule has 10 heteroatoms. The van der Waals surface area contributed by atoms with Gasteiger partial charge in [0.25, 0.3) is 0 Å². The van der Waals surface area contributed by atoms with Gasteiger partial charge in [-0.05, 0) is 36.8 Å². The highest BCUT2D eigenvalue weighted by Gasteiger charge is 2.27. The van der Waals surface area contributed by atoms with Crippen LogP contribution >= 0.6 is 0 Å². The van der Waals surface area contributed by atoms with Gasteiger partial charge in [0.1, 0.15) is 15.7 Å². The zero-order valence-corrected chi connectivity index (χ0v) is 19.6. The molecule has 0 aliphatic heterocycles. The molecular weight excluding hydrogens is 463 g/mol. The molecule has 34 heavy (non-hydrogen) atoms. The van der Waals surface area contributed by atoms with Crippen LogP contribution in [-0.4, -0.2) is 43.7 Å². The van der Waals surface area contributed by atoms with Crippen molar-refractivity contribution in [3.05, 3.63) is 76.7 Å². The highest BCUT2D eigenvalue weighted by molar-refractivity contribution is 7.90. The Morgan fingerprint density at radius 1 is 1.15 bits per heavy atom. The quantitative estimate of drug-likeness (QED) is 0.373. The molecule has 0 radical (unpaired) electrons. The maximum atomic E-state index is 14.2. The fourth-order valence-electron chi connectivity index (χ4n) is 3.82. The lowest BCUT2D eigenvalue weighted by Crippen LogP contribution is -2.27. The van der Waals surface area contributed by atoms with Gasteiger partial charge in [-0.2, -0.15) is 0 Å². The van der Waals surface area contributed by atoms with Gasteiger partial charge in [0.2, 0.25) is 0 Å². The predicted molar refractivity (Wildman–Crippen MR) is 126 cm³/mol.